The van der Waals surface area contributed by atoms with E-state index in [4.69, 9.17) is 23.2 Å². The molecule has 0 aliphatic rings. The predicted molar refractivity (Wildman–Crippen MR) is 69.4 cm³/mol. The Morgan fingerprint density at radius 2 is 1.82 bits per heavy atom. The molecule has 0 saturated heterocycles. The van der Waals surface area contributed by atoms with Crippen molar-refractivity contribution in [3.05, 3.63) is 39.9 Å². The molecular weight excluding hydrogens is 257 g/mol. The van der Waals surface area contributed by atoms with Crippen molar-refractivity contribution in [2.24, 2.45) is 0 Å². The second-order valence-corrected chi connectivity index (χ2v) is 4.37. The third-order valence-corrected chi connectivity index (χ3v) is 3.15. The van der Waals surface area contributed by atoms with Crippen LogP contribution in [0.15, 0.2) is 18.5 Å². The standard InChI is InChI=1S/C12H11Cl2N3/c1-3-8-10(13)16-12(17-11(8)14)9-4-5-15-6-7(9)2/h4-6H,3H2,1-2H3. The maximum Gasteiger partial charge on any atom is 0.162 e. The van der Waals surface area contributed by atoms with E-state index in [1.807, 2.05) is 19.9 Å². The lowest BCUT2D eigenvalue weighted by atomic mass is 10.1. The SMILES string of the molecule is CCc1c(Cl)nc(-c2ccncc2C)nc1Cl. The minimum Gasteiger partial charge on any atom is -0.264 e. The van der Waals surface area contributed by atoms with E-state index in [-0.39, 0.29) is 0 Å². The molecule has 2 aromatic rings. The van der Waals surface area contributed by atoms with Gasteiger partial charge in [0.25, 0.3) is 0 Å². The van der Waals surface area contributed by atoms with Gasteiger partial charge in [-0.25, -0.2) is 9.97 Å². The van der Waals surface area contributed by atoms with Crippen LogP contribution in [0.2, 0.25) is 10.3 Å². The van der Waals surface area contributed by atoms with Crippen LogP contribution < -0.4 is 0 Å². The Labute approximate surface area is 110 Å². The Morgan fingerprint density at radius 1 is 1.18 bits per heavy atom. The topological polar surface area (TPSA) is 38.7 Å². The average molecular weight is 268 g/mol. The summed E-state index contributed by atoms with van der Waals surface area (Å²) < 4.78 is 0. The summed E-state index contributed by atoms with van der Waals surface area (Å²) in [5.74, 6) is 0.539. The summed E-state index contributed by atoms with van der Waals surface area (Å²) in [4.78, 5) is 12.6. The van der Waals surface area contributed by atoms with Crippen molar-refractivity contribution in [1.82, 2.24) is 15.0 Å². The lowest BCUT2D eigenvalue weighted by molar-refractivity contribution is 1.05. The largest absolute Gasteiger partial charge is 0.264 e. The van der Waals surface area contributed by atoms with Gasteiger partial charge in [0.2, 0.25) is 0 Å². The Kier molecular flexibility index (Phi) is 3.60. The fourth-order valence-electron chi connectivity index (χ4n) is 1.57. The molecule has 0 radical (unpaired) electrons. The molecule has 2 aromatic heterocycles. The summed E-state index contributed by atoms with van der Waals surface area (Å²) in [5, 5.41) is 0.831. The zero-order valence-corrected chi connectivity index (χ0v) is 11.0. The van der Waals surface area contributed by atoms with Crippen LogP contribution in [0.1, 0.15) is 18.1 Å². The van der Waals surface area contributed by atoms with Gasteiger partial charge in [-0.15, -0.1) is 0 Å². The normalized spacial score (nSPS) is 10.6. The molecule has 0 aromatic carbocycles. The smallest absolute Gasteiger partial charge is 0.162 e. The molecule has 2 rings (SSSR count). The zero-order valence-electron chi connectivity index (χ0n) is 9.54. The van der Waals surface area contributed by atoms with E-state index in [1.165, 1.54) is 0 Å². The van der Waals surface area contributed by atoms with Crippen LogP contribution in [0.3, 0.4) is 0 Å². The molecule has 0 aliphatic carbocycles. The molecule has 88 valence electrons. The van der Waals surface area contributed by atoms with Crippen LogP contribution in [-0.4, -0.2) is 15.0 Å². The minimum absolute atomic E-state index is 0.415. The number of hydrogen-bond donors (Lipinski definition) is 0. The van der Waals surface area contributed by atoms with Crippen molar-refractivity contribution in [2.45, 2.75) is 20.3 Å². The van der Waals surface area contributed by atoms with E-state index in [0.29, 0.717) is 22.6 Å². The van der Waals surface area contributed by atoms with Crippen molar-refractivity contribution in [3.8, 4) is 11.4 Å². The quantitative estimate of drug-likeness (QED) is 0.779. The van der Waals surface area contributed by atoms with Gasteiger partial charge < -0.3 is 0 Å². The molecule has 5 heteroatoms. The van der Waals surface area contributed by atoms with Gasteiger partial charge in [-0.2, -0.15) is 0 Å². The third kappa shape index (κ3) is 2.40. The molecule has 0 unspecified atom stereocenters. The summed E-state index contributed by atoms with van der Waals surface area (Å²) >= 11 is 12.2. The number of aryl methyl sites for hydroxylation is 1. The second-order valence-electron chi connectivity index (χ2n) is 3.65. The molecule has 0 atom stereocenters. The summed E-state index contributed by atoms with van der Waals surface area (Å²) in [7, 11) is 0. The van der Waals surface area contributed by atoms with E-state index in [0.717, 1.165) is 16.7 Å². The monoisotopic (exact) mass is 267 g/mol. The number of hydrogen-bond acceptors (Lipinski definition) is 3. The lowest BCUT2D eigenvalue weighted by Gasteiger charge is -2.07. The number of nitrogens with zero attached hydrogens (tertiary/aromatic N) is 3. The van der Waals surface area contributed by atoms with Crippen LogP contribution in [0.5, 0.6) is 0 Å². The summed E-state index contributed by atoms with van der Waals surface area (Å²) in [5.41, 5.74) is 2.67. The Bertz CT molecular complexity index is 532. The molecule has 0 saturated carbocycles. The molecule has 0 amide bonds. The highest BCUT2D eigenvalue weighted by atomic mass is 35.5. The highest BCUT2D eigenvalue weighted by Crippen LogP contribution is 2.26. The van der Waals surface area contributed by atoms with Crippen LogP contribution in [0, 0.1) is 6.92 Å². The van der Waals surface area contributed by atoms with Gasteiger partial charge in [0, 0.05) is 23.5 Å². The summed E-state index contributed by atoms with van der Waals surface area (Å²) in [6.07, 6.45) is 4.17. The van der Waals surface area contributed by atoms with Crippen molar-refractivity contribution < 1.29 is 0 Å². The van der Waals surface area contributed by atoms with Gasteiger partial charge in [0.15, 0.2) is 5.82 Å². The maximum atomic E-state index is 6.09. The Morgan fingerprint density at radius 3 is 2.35 bits per heavy atom. The molecule has 3 nitrogen and oxygen atoms in total. The number of halogens is 2. The maximum absolute atomic E-state index is 6.09. The van der Waals surface area contributed by atoms with Gasteiger partial charge in [-0.05, 0) is 25.0 Å². The van der Waals surface area contributed by atoms with E-state index in [9.17, 15) is 0 Å². The van der Waals surface area contributed by atoms with E-state index >= 15 is 0 Å². The first-order chi connectivity index (χ1) is 8.13. The highest BCUT2D eigenvalue weighted by molar-refractivity contribution is 6.34. The molecule has 0 fully saturated rings. The van der Waals surface area contributed by atoms with Gasteiger partial charge in [0.05, 0.1) is 0 Å². The molecule has 0 aliphatic heterocycles. The molecule has 2 heterocycles. The Balaban J connectivity index is 2.59. The molecule has 0 N–H and O–H groups in total. The average Bonchev–Trinajstić information content (AvgIpc) is 2.29. The van der Waals surface area contributed by atoms with Crippen molar-refractivity contribution in [1.29, 1.82) is 0 Å². The number of pyridine rings is 1. The summed E-state index contributed by atoms with van der Waals surface area (Å²) in [6, 6.07) is 1.85. The van der Waals surface area contributed by atoms with Gasteiger partial charge in [-0.3, -0.25) is 4.98 Å². The summed E-state index contributed by atoms with van der Waals surface area (Å²) in [6.45, 7) is 3.91. The second kappa shape index (κ2) is 4.98. The zero-order chi connectivity index (χ0) is 12.4. The van der Waals surface area contributed by atoms with Crippen LogP contribution in [0.25, 0.3) is 11.4 Å². The number of rotatable bonds is 2. The number of aromatic nitrogens is 3. The fourth-order valence-corrected chi connectivity index (χ4v) is 2.22. The third-order valence-electron chi connectivity index (χ3n) is 2.52. The van der Waals surface area contributed by atoms with Crippen molar-refractivity contribution in [2.75, 3.05) is 0 Å². The lowest BCUT2D eigenvalue weighted by Crippen LogP contribution is -1.98. The van der Waals surface area contributed by atoms with E-state index in [2.05, 4.69) is 15.0 Å². The van der Waals surface area contributed by atoms with E-state index in [1.54, 1.807) is 12.4 Å². The van der Waals surface area contributed by atoms with Gasteiger partial charge in [-0.1, -0.05) is 30.1 Å². The first-order valence-corrected chi connectivity index (χ1v) is 6.02. The molecular formula is C12H11Cl2N3. The molecule has 0 spiro atoms. The van der Waals surface area contributed by atoms with E-state index < -0.39 is 0 Å². The van der Waals surface area contributed by atoms with Crippen molar-refractivity contribution >= 4 is 23.2 Å². The molecule has 17 heavy (non-hydrogen) atoms. The first-order valence-electron chi connectivity index (χ1n) is 5.26. The minimum atomic E-state index is 0.415. The van der Waals surface area contributed by atoms with Crippen molar-refractivity contribution in [3.63, 3.8) is 0 Å². The fraction of sp³-hybridized carbons (Fsp3) is 0.250. The molecule has 0 bridgehead atoms. The van der Waals surface area contributed by atoms with Crippen LogP contribution in [-0.2, 0) is 6.42 Å². The predicted octanol–water partition coefficient (Wildman–Crippen LogP) is 3.72. The van der Waals surface area contributed by atoms with Gasteiger partial charge >= 0.3 is 0 Å². The Hall–Kier alpha value is -1.19. The highest BCUT2D eigenvalue weighted by Gasteiger charge is 2.12. The van der Waals surface area contributed by atoms with Gasteiger partial charge in [0.1, 0.15) is 10.3 Å². The first kappa shape index (κ1) is 12.3. The van der Waals surface area contributed by atoms with Crippen LogP contribution in [0.4, 0.5) is 0 Å². The van der Waals surface area contributed by atoms with Crippen LogP contribution >= 0.6 is 23.2 Å².